The molecule has 0 bridgehead atoms. The summed E-state index contributed by atoms with van der Waals surface area (Å²) >= 11 is 0. The van der Waals surface area contributed by atoms with Crippen LogP contribution in [0.4, 0.5) is 26.3 Å². The molecule has 0 aliphatic heterocycles. The van der Waals surface area contributed by atoms with Crippen molar-refractivity contribution in [2.45, 2.75) is 38.7 Å². The van der Waals surface area contributed by atoms with Crippen molar-refractivity contribution in [1.82, 2.24) is 10.3 Å². The number of nitrogens with zero attached hydrogens (tertiary/aromatic N) is 1. The number of carbonyl (C=O) groups excluding carboxylic acids is 1. The number of aryl methyl sites for hydroxylation is 1. The molecule has 0 spiro atoms. The smallest absolute Gasteiger partial charge is 0.422 e. The van der Waals surface area contributed by atoms with Gasteiger partial charge < -0.3 is 14.8 Å². The number of amides is 1. The number of halogens is 6. The number of aromatic nitrogens is 1. The molecular weight excluding hydrogens is 430 g/mol. The van der Waals surface area contributed by atoms with Crippen molar-refractivity contribution in [3.8, 4) is 11.5 Å². The summed E-state index contributed by atoms with van der Waals surface area (Å²) in [7, 11) is 0. The topological polar surface area (TPSA) is 60.5 Å². The van der Waals surface area contributed by atoms with E-state index in [1.54, 1.807) is 32.0 Å². The molecule has 5 nitrogen and oxygen atoms in total. The first kappa shape index (κ1) is 24.3. The number of alkyl halides is 6. The number of hydrogen-bond acceptors (Lipinski definition) is 4. The van der Waals surface area contributed by atoms with Gasteiger partial charge >= 0.3 is 12.4 Å². The highest BCUT2D eigenvalue weighted by molar-refractivity contribution is 6.00. The first-order chi connectivity index (χ1) is 14.2. The molecule has 2 aromatic rings. The monoisotopic (exact) mass is 450 g/mol. The predicted octanol–water partition coefficient (Wildman–Crippen LogP) is 4.94. The molecule has 0 saturated heterocycles. The quantitative estimate of drug-likeness (QED) is 0.608. The standard InChI is InChI=1S/C20H20F6N2O3/c1-12-8-13(30-10-19(21,22)23)16(14(9-12)31-11-20(24,25)26)17(29)28-18(2,3)15-6-4-5-7-27-15/h4-9H,10-11H2,1-3H3,(H,28,29). The van der Waals surface area contributed by atoms with Gasteiger partial charge in [-0.2, -0.15) is 26.3 Å². The summed E-state index contributed by atoms with van der Waals surface area (Å²) in [5, 5.41) is 2.56. The fourth-order valence-corrected chi connectivity index (χ4v) is 2.63. The van der Waals surface area contributed by atoms with Crippen molar-refractivity contribution in [3.05, 3.63) is 53.3 Å². The van der Waals surface area contributed by atoms with E-state index in [0.29, 0.717) is 5.69 Å². The summed E-state index contributed by atoms with van der Waals surface area (Å²) in [6.07, 6.45) is -7.97. The highest BCUT2D eigenvalue weighted by atomic mass is 19.4. The maximum Gasteiger partial charge on any atom is 0.422 e. The zero-order chi connectivity index (χ0) is 23.4. The third-order valence-corrected chi connectivity index (χ3v) is 3.95. The molecule has 0 fully saturated rings. The van der Waals surface area contributed by atoms with Crippen molar-refractivity contribution >= 4 is 5.91 Å². The van der Waals surface area contributed by atoms with E-state index < -0.39 is 54.1 Å². The van der Waals surface area contributed by atoms with Crippen molar-refractivity contribution in [3.63, 3.8) is 0 Å². The Morgan fingerprint density at radius 3 is 1.90 bits per heavy atom. The number of benzene rings is 1. The second-order valence-corrected chi connectivity index (χ2v) is 7.24. The lowest BCUT2D eigenvalue weighted by Crippen LogP contribution is -2.42. The van der Waals surface area contributed by atoms with Crippen LogP contribution in [-0.2, 0) is 5.54 Å². The van der Waals surface area contributed by atoms with E-state index in [-0.39, 0.29) is 5.56 Å². The number of pyridine rings is 1. The third kappa shape index (κ3) is 7.34. The largest absolute Gasteiger partial charge is 0.483 e. The Morgan fingerprint density at radius 2 is 1.48 bits per heavy atom. The normalized spacial score (nSPS) is 12.4. The van der Waals surface area contributed by atoms with Crippen LogP contribution in [0.1, 0.15) is 35.5 Å². The Kier molecular flexibility index (Phi) is 7.07. The lowest BCUT2D eigenvalue weighted by atomic mass is 9.98. The summed E-state index contributed by atoms with van der Waals surface area (Å²) in [5.41, 5.74) is -1.02. The van der Waals surface area contributed by atoms with Gasteiger partial charge in [0.05, 0.1) is 11.2 Å². The van der Waals surface area contributed by atoms with Crippen LogP contribution < -0.4 is 14.8 Å². The van der Waals surface area contributed by atoms with Crippen LogP contribution in [0.3, 0.4) is 0 Å². The predicted molar refractivity (Wildman–Crippen MR) is 99.0 cm³/mol. The fourth-order valence-electron chi connectivity index (χ4n) is 2.63. The van der Waals surface area contributed by atoms with Gasteiger partial charge in [0.25, 0.3) is 5.91 Å². The number of carbonyl (C=O) groups is 1. The molecule has 0 aliphatic carbocycles. The minimum absolute atomic E-state index is 0.245. The van der Waals surface area contributed by atoms with Crippen molar-refractivity contribution < 1.29 is 40.6 Å². The van der Waals surface area contributed by atoms with Gasteiger partial charge in [0.2, 0.25) is 0 Å². The van der Waals surface area contributed by atoms with E-state index in [4.69, 9.17) is 9.47 Å². The van der Waals surface area contributed by atoms with Crippen LogP contribution in [0, 0.1) is 6.92 Å². The Hall–Kier alpha value is -2.98. The van der Waals surface area contributed by atoms with Crippen LogP contribution in [0.5, 0.6) is 11.5 Å². The molecule has 1 amide bonds. The van der Waals surface area contributed by atoms with Crippen molar-refractivity contribution in [2.24, 2.45) is 0 Å². The Morgan fingerprint density at radius 1 is 0.968 bits per heavy atom. The Balaban J connectivity index is 2.45. The Labute approximate surface area is 174 Å². The maximum absolute atomic E-state index is 13.0. The number of hydrogen-bond donors (Lipinski definition) is 1. The van der Waals surface area contributed by atoms with Crippen LogP contribution >= 0.6 is 0 Å². The molecule has 1 aromatic carbocycles. The van der Waals surface area contributed by atoms with Crippen molar-refractivity contribution in [1.29, 1.82) is 0 Å². The van der Waals surface area contributed by atoms with E-state index in [2.05, 4.69) is 10.3 Å². The highest BCUT2D eigenvalue weighted by Gasteiger charge is 2.34. The highest BCUT2D eigenvalue weighted by Crippen LogP contribution is 2.34. The molecule has 0 radical (unpaired) electrons. The van der Waals surface area contributed by atoms with E-state index in [1.807, 2.05) is 0 Å². The molecule has 1 aromatic heterocycles. The first-order valence-corrected chi connectivity index (χ1v) is 8.96. The second kappa shape index (κ2) is 9.03. The van der Waals surface area contributed by atoms with Crippen molar-refractivity contribution in [2.75, 3.05) is 13.2 Å². The Bertz CT molecular complexity index is 872. The molecule has 0 aliphatic rings. The minimum atomic E-state index is -4.72. The number of rotatable bonds is 7. The second-order valence-electron chi connectivity index (χ2n) is 7.24. The summed E-state index contributed by atoms with van der Waals surface area (Å²) in [5.74, 6) is -2.09. The summed E-state index contributed by atoms with van der Waals surface area (Å²) < 4.78 is 85.4. The SMILES string of the molecule is Cc1cc(OCC(F)(F)F)c(C(=O)NC(C)(C)c2ccccn2)c(OCC(F)(F)F)c1. The van der Waals surface area contributed by atoms with E-state index >= 15 is 0 Å². The van der Waals surface area contributed by atoms with E-state index in [1.165, 1.54) is 13.1 Å². The van der Waals surface area contributed by atoms with Gasteiger partial charge in [-0.05, 0) is 50.6 Å². The average Bonchev–Trinajstić information content (AvgIpc) is 2.63. The van der Waals surface area contributed by atoms with Gasteiger partial charge in [-0.1, -0.05) is 6.07 Å². The summed E-state index contributed by atoms with van der Waals surface area (Å²) in [4.78, 5) is 17.1. The van der Waals surface area contributed by atoms with Gasteiger partial charge in [0.1, 0.15) is 17.1 Å². The summed E-state index contributed by atoms with van der Waals surface area (Å²) in [6.45, 7) is 1.10. The molecule has 170 valence electrons. The molecule has 0 unspecified atom stereocenters. The molecular formula is C20H20F6N2O3. The maximum atomic E-state index is 13.0. The average molecular weight is 450 g/mol. The minimum Gasteiger partial charge on any atom is -0.483 e. The van der Waals surface area contributed by atoms with Gasteiger partial charge in [0, 0.05) is 6.20 Å². The van der Waals surface area contributed by atoms with E-state index in [0.717, 1.165) is 12.1 Å². The van der Waals surface area contributed by atoms with E-state index in [9.17, 15) is 31.1 Å². The first-order valence-electron chi connectivity index (χ1n) is 8.96. The molecule has 1 N–H and O–H groups in total. The third-order valence-electron chi connectivity index (χ3n) is 3.95. The fraction of sp³-hybridized carbons (Fsp3) is 0.400. The lowest BCUT2D eigenvalue weighted by Gasteiger charge is -2.27. The molecule has 2 rings (SSSR count). The van der Waals surface area contributed by atoms with Crippen LogP contribution in [-0.4, -0.2) is 36.5 Å². The van der Waals surface area contributed by atoms with Gasteiger partial charge in [-0.15, -0.1) is 0 Å². The van der Waals surface area contributed by atoms with Crippen LogP contribution in [0.15, 0.2) is 36.5 Å². The number of nitrogens with one attached hydrogen (secondary N) is 1. The molecule has 0 saturated carbocycles. The number of ether oxygens (including phenoxy) is 2. The summed E-state index contributed by atoms with van der Waals surface area (Å²) in [6, 6.07) is 7.16. The zero-order valence-electron chi connectivity index (χ0n) is 16.8. The molecule has 1 heterocycles. The van der Waals surface area contributed by atoms with Crippen LogP contribution in [0.25, 0.3) is 0 Å². The molecule has 31 heavy (non-hydrogen) atoms. The van der Waals surface area contributed by atoms with Gasteiger partial charge in [0.15, 0.2) is 13.2 Å². The molecule has 11 heteroatoms. The lowest BCUT2D eigenvalue weighted by molar-refractivity contribution is -0.154. The molecule has 0 atom stereocenters. The zero-order valence-corrected chi connectivity index (χ0v) is 16.8. The van der Waals surface area contributed by atoms with Gasteiger partial charge in [-0.25, -0.2) is 0 Å². The van der Waals surface area contributed by atoms with Gasteiger partial charge in [-0.3, -0.25) is 9.78 Å². The van der Waals surface area contributed by atoms with Crippen LogP contribution in [0.2, 0.25) is 0 Å².